The first-order valence-corrected chi connectivity index (χ1v) is 7.92. The Hall–Kier alpha value is -1.94. The molecule has 0 radical (unpaired) electrons. The molecule has 0 fully saturated rings. The molecule has 0 saturated heterocycles. The molecule has 0 aliphatic heterocycles. The van der Waals surface area contributed by atoms with E-state index in [0.717, 1.165) is 37.9 Å². The van der Waals surface area contributed by atoms with E-state index in [1.807, 2.05) is 26.0 Å². The molecule has 0 N–H and O–H groups in total. The van der Waals surface area contributed by atoms with Gasteiger partial charge in [0.25, 0.3) is 5.69 Å². The molecule has 22 heavy (non-hydrogen) atoms. The predicted octanol–water partition coefficient (Wildman–Crippen LogP) is 4.37. The third-order valence-corrected chi connectivity index (χ3v) is 3.45. The summed E-state index contributed by atoms with van der Waals surface area (Å²) in [5.41, 5.74) is 2.66. The number of nitrogens with zero attached hydrogens (tertiary/aromatic N) is 2. The molecular weight excluding hydrogens is 276 g/mol. The van der Waals surface area contributed by atoms with Gasteiger partial charge in [-0.25, -0.2) is 0 Å². The van der Waals surface area contributed by atoms with Crippen LogP contribution in [0.15, 0.2) is 48.1 Å². The molecule has 0 bridgehead atoms. The number of nitro benzene ring substituents is 1. The van der Waals surface area contributed by atoms with Gasteiger partial charge >= 0.3 is 0 Å². The minimum atomic E-state index is -0.363. The lowest BCUT2D eigenvalue weighted by Crippen LogP contribution is -2.23. The fourth-order valence-electron chi connectivity index (χ4n) is 2.28. The molecule has 120 valence electrons. The zero-order valence-corrected chi connectivity index (χ0v) is 13.8. The first-order valence-electron chi connectivity index (χ1n) is 7.92. The lowest BCUT2D eigenvalue weighted by Gasteiger charge is -2.18. The number of nitro groups is 1. The van der Waals surface area contributed by atoms with Crippen LogP contribution < -0.4 is 0 Å². The summed E-state index contributed by atoms with van der Waals surface area (Å²) in [6.07, 6.45) is 9.91. The monoisotopic (exact) mass is 302 g/mol. The van der Waals surface area contributed by atoms with Gasteiger partial charge in [0.05, 0.1) is 4.92 Å². The second kappa shape index (κ2) is 9.90. The highest BCUT2D eigenvalue weighted by atomic mass is 16.6. The molecule has 2 rings (SSSR count). The fraction of sp³-hybridized carbons (Fsp3) is 0.444. The number of allylic oxidation sites excluding steroid dienone is 2. The summed E-state index contributed by atoms with van der Waals surface area (Å²) < 4.78 is 0. The predicted molar refractivity (Wildman–Crippen MR) is 92.1 cm³/mol. The highest BCUT2D eigenvalue weighted by Gasteiger charge is 2.06. The van der Waals surface area contributed by atoms with Crippen LogP contribution in [-0.4, -0.2) is 30.0 Å². The van der Waals surface area contributed by atoms with Gasteiger partial charge in [-0.1, -0.05) is 44.2 Å². The van der Waals surface area contributed by atoms with Gasteiger partial charge in [0.2, 0.25) is 0 Å². The van der Waals surface area contributed by atoms with Crippen LogP contribution in [0.1, 0.15) is 32.3 Å². The Balaban J connectivity index is 0.00000116. The van der Waals surface area contributed by atoms with Crippen molar-refractivity contribution in [3.8, 4) is 0 Å². The van der Waals surface area contributed by atoms with Crippen molar-refractivity contribution in [3.05, 3.63) is 63.7 Å². The molecule has 1 aromatic rings. The van der Waals surface area contributed by atoms with Gasteiger partial charge in [-0.15, -0.1) is 0 Å². The Morgan fingerprint density at radius 2 is 1.86 bits per heavy atom. The van der Waals surface area contributed by atoms with Crippen LogP contribution in [0.5, 0.6) is 0 Å². The SMILES string of the molecule is CC.CN(CCc1ccc([N+](=O)[O-])cc1)CC1=CCCC=C1. The second-order valence-corrected chi connectivity index (χ2v) is 5.17. The van der Waals surface area contributed by atoms with Crippen LogP contribution in [-0.2, 0) is 6.42 Å². The maximum atomic E-state index is 10.6. The molecule has 0 aromatic heterocycles. The van der Waals surface area contributed by atoms with Gasteiger partial charge in [-0.3, -0.25) is 10.1 Å². The van der Waals surface area contributed by atoms with Gasteiger partial charge in [-0.2, -0.15) is 0 Å². The van der Waals surface area contributed by atoms with Crippen LogP contribution in [0.4, 0.5) is 5.69 Å². The molecular formula is C18H26N2O2. The Labute approximate surface area is 133 Å². The van der Waals surface area contributed by atoms with Crippen LogP contribution in [0.25, 0.3) is 0 Å². The standard InChI is InChI=1S/C16H20N2O2.C2H6/c1-17(13-15-5-3-2-4-6-15)12-11-14-7-9-16(10-8-14)18(19)20;1-2/h3,5-10H,2,4,11-13H2,1H3;1-2H3. The van der Waals surface area contributed by atoms with Gasteiger partial charge < -0.3 is 4.90 Å². The molecule has 1 aliphatic rings. The summed E-state index contributed by atoms with van der Waals surface area (Å²) in [4.78, 5) is 12.5. The van der Waals surface area contributed by atoms with E-state index in [4.69, 9.17) is 0 Å². The van der Waals surface area contributed by atoms with Crippen LogP contribution in [0, 0.1) is 10.1 Å². The van der Waals surface area contributed by atoms with E-state index in [9.17, 15) is 10.1 Å². The number of hydrogen-bond acceptors (Lipinski definition) is 3. The van der Waals surface area contributed by atoms with E-state index in [-0.39, 0.29) is 10.6 Å². The molecule has 0 saturated carbocycles. The van der Waals surface area contributed by atoms with Crippen molar-refractivity contribution >= 4 is 5.69 Å². The van der Waals surface area contributed by atoms with E-state index in [1.165, 1.54) is 5.57 Å². The minimum Gasteiger partial charge on any atom is -0.302 e. The normalized spacial score (nSPS) is 13.4. The van der Waals surface area contributed by atoms with E-state index in [0.29, 0.717) is 0 Å². The summed E-state index contributed by atoms with van der Waals surface area (Å²) in [6.45, 7) is 5.91. The highest BCUT2D eigenvalue weighted by Crippen LogP contribution is 2.13. The Bertz CT molecular complexity index is 518. The summed E-state index contributed by atoms with van der Waals surface area (Å²) in [5.74, 6) is 0. The molecule has 0 atom stereocenters. The molecule has 1 aliphatic carbocycles. The Kier molecular flexibility index (Phi) is 8.15. The number of non-ortho nitro benzene ring substituents is 1. The fourth-order valence-corrected chi connectivity index (χ4v) is 2.28. The molecule has 0 heterocycles. The largest absolute Gasteiger partial charge is 0.302 e. The molecule has 4 nitrogen and oxygen atoms in total. The lowest BCUT2D eigenvalue weighted by molar-refractivity contribution is -0.384. The van der Waals surface area contributed by atoms with Crippen LogP contribution >= 0.6 is 0 Å². The molecule has 1 aromatic carbocycles. The first-order chi connectivity index (χ1) is 10.6. The third kappa shape index (κ3) is 6.22. The summed E-state index contributed by atoms with van der Waals surface area (Å²) in [6, 6.07) is 6.82. The number of likely N-dealkylation sites (N-methyl/N-ethyl adjacent to an activating group) is 1. The van der Waals surface area contributed by atoms with Crippen LogP contribution in [0.2, 0.25) is 0 Å². The third-order valence-electron chi connectivity index (χ3n) is 3.45. The van der Waals surface area contributed by atoms with E-state index in [1.54, 1.807) is 12.1 Å². The van der Waals surface area contributed by atoms with Gasteiger partial charge in [0, 0.05) is 25.2 Å². The van der Waals surface area contributed by atoms with E-state index in [2.05, 4.69) is 30.2 Å². The maximum absolute atomic E-state index is 10.6. The first kappa shape index (κ1) is 18.1. The smallest absolute Gasteiger partial charge is 0.269 e. The average Bonchev–Trinajstić information content (AvgIpc) is 2.56. The van der Waals surface area contributed by atoms with Gasteiger partial charge in [0.1, 0.15) is 0 Å². The summed E-state index contributed by atoms with van der Waals surface area (Å²) in [7, 11) is 2.11. The molecule has 0 amide bonds. The second-order valence-electron chi connectivity index (χ2n) is 5.17. The van der Waals surface area contributed by atoms with Crippen molar-refractivity contribution in [2.75, 3.05) is 20.1 Å². The number of rotatable bonds is 6. The number of benzene rings is 1. The Morgan fingerprint density at radius 3 is 2.41 bits per heavy atom. The highest BCUT2D eigenvalue weighted by molar-refractivity contribution is 5.33. The zero-order valence-electron chi connectivity index (χ0n) is 13.8. The summed E-state index contributed by atoms with van der Waals surface area (Å²) in [5, 5.41) is 10.6. The van der Waals surface area contributed by atoms with Crippen molar-refractivity contribution in [2.45, 2.75) is 33.1 Å². The maximum Gasteiger partial charge on any atom is 0.269 e. The zero-order chi connectivity index (χ0) is 16.4. The van der Waals surface area contributed by atoms with Crippen LogP contribution in [0.3, 0.4) is 0 Å². The number of hydrogen-bond donors (Lipinski definition) is 0. The van der Waals surface area contributed by atoms with Crippen molar-refractivity contribution in [3.63, 3.8) is 0 Å². The molecule has 4 heteroatoms. The average molecular weight is 302 g/mol. The van der Waals surface area contributed by atoms with Crippen molar-refractivity contribution in [1.29, 1.82) is 0 Å². The van der Waals surface area contributed by atoms with E-state index >= 15 is 0 Å². The van der Waals surface area contributed by atoms with Crippen molar-refractivity contribution in [1.82, 2.24) is 4.90 Å². The topological polar surface area (TPSA) is 46.4 Å². The lowest BCUT2D eigenvalue weighted by atomic mass is 10.1. The van der Waals surface area contributed by atoms with Crippen molar-refractivity contribution in [2.24, 2.45) is 0 Å². The Morgan fingerprint density at radius 1 is 1.18 bits per heavy atom. The molecule has 0 unspecified atom stereocenters. The summed E-state index contributed by atoms with van der Waals surface area (Å²) >= 11 is 0. The van der Waals surface area contributed by atoms with Gasteiger partial charge in [-0.05, 0) is 37.4 Å². The minimum absolute atomic E-state index is 0.152. The molecule has 0 spiro atoms. The van der Waals surface area contributed by atoms with Crippen molar-refractivity contribution < 1.29 is 4.92 Å². The quantitative estimate of drug-likeness (QED) is 0.579. The van der Waals surface area contributed by atoms with Gasteiger partial charge in [0.15, 0.2) is 0 Å². The van der Waals surface area contributed by atoms with E-state index < -0.39 is 0 Å².